The van der Waals surface area contributed by atoms with Crippen LogP contribution in [-0.4, -0.2) is 35.8 Å². The summed E-state index contributed by atoms with van der Waals surface area (Å²) in [5.74, 6) is 0.470. The molecule has 1 aliphatic heterocycles. The molecule has 1 aliphatic carbocycles. The van der Waals surface area contributed by atoms with Gasteiger partial charge in [-0.3, -0.25) is 9.59 Å². The number of carbonyl (C=O) groups excluding carboxylic acids is 2. The SMILES string of the molecule is CC(C)N(C(=O)C1CCCN(C(=O)C2CC2)C1)c1ccc(Nc2ccccc2)cc1. The lowest BCUT2D eigenvalue weighted by atomic mass is 9.95. The van der Waals surface area contributed by atoms with Crippen LogP contribution in [0.4, 0.5) is 17.1 Å². The number of benzene rings is 2. The Balaban J connectivity index is 1.46. The fourth-order valence-corrected chi connectivity index (χ4v) is 4.24. The van der Waals surface area contributed by atoms with Crippen LogP contribution in [-0.2, 0) is 9.59 Å². The number of hydrogen-bond acceptors (Lipinski definition) is 3. The van der Waals surface area contributed by atoms with Gasteiger partial charge in [0.25, 0.3) is 0 Å². The maximum Gasteiger partial charge on any atom is 0.232 e. The molecule has 1 saturated carbocycles. The van der Waals surface area contributed by atoms with Gasteiger partial charge in [-0.2, -0.15) is 0 Å². The number of anilines is 3. The molecule has 4 rings (SSSR count). The monoisotopic (exact) mass is 405 g/mol. The third-order valence-electron chi connectivity index (χ3n) is 5.97. The summed E-state index contributed by atoms with van der Waals surface area (Å²) < 4.78 is 0. The highest BCUT2D eigenvalue weighted by atomic mass is 16.2. The lowest BCUT2D eigenvalue weighted by molar-refractivity contribution is -0.136. The van der Waals surface area contributed by atoms with Crippen LogP contribution >= 0.6 is 0 Å². The van der Waals surface area contributed by atoms with E-state index in [1.807, 2.05) is 78.2 Å². The van der Waals surface area contributed by atoms with E-state index in [0.29, 0.717) is 6.54 Å². The zero-order valence-electron chi connectivity index (χ0n) is 17.9. The van der Waals surface area contributed by atoms with E-state index in [4.69, 9.17) is 0 Å². The second-order valence-electron chi connectivity index (χ2n) is 8.74. The van der Waals surface area contributed by atoms with Crippen molar-refractivity contribution in [3.8, 4) is 0 Å². The quantitative estimate of drug-likeness (QED) is 0.750. The second-order valence-corrected chi connectivity index (χ2v) is 8.74. The van der Waals surface area contributed by atoms with Crippen LogP contribution in [0.25, 0.3) is 0 Å². The molecule has 1 N–H and O–H groups in total. The molecule has 1 atom stereocenters. The lowest BCUT2D eigenvalue weighted by Gasteiger charge is -2.36. The molecule has 1 unspecified atom stereocenters. The molecule has 0 aromatic heterocycles. The zero-order valence-corrected chi connectivity index (χ0v) is 17.9. The van der Waals surface area contributed by atoms with Gasteiger partial charge in [-0.25, -0.2) is 0 Å². The summed E-state index contributed by atoms with van der Waals surface area (Å²) >= 11 is 0. The Morgan fingerprint density at radius 2 is 1.60 bits per heavy atom. The van der Waals surface area contributed by atoms with E-state index >= 15 is 0 Å². The first-order valence-electron chi connectivity index (χ1n) is 11.1. The van der Waals surface area contributed by atoms with Gasteiger partial charge in [-0.05, 0) is 75.9 Å². The van der Waals surface area contributed by atoms with Crippen LogP contribution in [0.15, 0.2) is 54.6 Å². The van der Waals surface area contributed by atoms with Crippen LogP contribution in [0.1, 0.15) is 39.5 Å². The van der Waals surface area contributed by atoms with Gasteiger partial charge >= 0.3 is 0 Å². The third-order valence-corrected chi connectivity index (χ3v) is 5.97. The number of likely N-dealkylation sites (tertiary alicyclic amines) is 1. The van der Waals surface area contributed by atoms with E-state index in [1.54, 1.807) is 0 Å². The summed E-state index contributed by atoms with van der Waals surface area (Å²) in [7, 11) is 0. The molecule has 158 valence electrons. The number of rotatable bonds is 6. The second kappa shape index (κ2) is 8.90. The minimum atomic E-state index is -0.119. The van der Waals surface area contributed by atoms with Gasteiger partial charge in [0.2, 0.25) is 11.8 Å². The molecule has 2 aromatic carbocycles. The molecule has 5 nitrogen and oxygen atoms in total. The van der Waals surface area contributed by atoms with E-state index in [9.17, 15) is 9.59 Å². The number of para-hydroxylation sites is 1. The molecule has 2 aliphatic rings. The highest BCUT2D eigenvalue weighted by molar-refractivity contribution is 5.96. The van der Waals surface area contributed by atoms with Crippen LogP contribution in [0.3, 0.4) is 0 Å². The molecule has 0 radical (unpaired) electrons. The van der Waals surface area contributed by atoms with Gasteiger partial charge in [0.1, 0.15) is 0 Å². The average molecular weight is 406 g/mol. The molecule has 0 spiro atoms. The van der Waals surface area contributed by atoms with E-state index in [-0.39, 0.29) is 29.7 Å². The van der Waals surface area contributed by atoms with E-state index in [0.717, 1.165) is 49.3 Å². The molecule has 5 heteroatoms. The Kier molecular flexibility index (Phi) is 6.07. The first-order chi connectivity index (χ1) is 14.5. The van der Waals surface area contributed by atoms with Crippen molar-refractivity contribution in [2.45, 2.75) is 45.6 Å². The van der Waals surface area contributed by atoms with Crippen molar-refractivity contribution >= 4 is 28.9 Å². The first-order valence-corrected chi connectivity index (χ1v) is 11.1. The molecular formula is C25H31N3O2. The maximum atomic E-state index is 13.4. The van der Waals surface area contributed by atoms with Crippen molar-refractivity contribution in [3.63, 3.8) is 0 Å². The predicted octanol–water partition coefficient (Wildman–Crippen LogP) is 4.82. The smallest absolute Gasteiger partial charge is 0.232 e. The number of amides is 2. The number of nitrogens with one attached hydrogen (secondary N) is 1. The molecule has 0 bridgehead atoms. The Hall–Kier alpha value is -2.82. The normalized spacial score (nSPS) is 18.9. The van der Waals surface area contributed by atoms with Gasteiger partial charge in [0.05, 0.1) is 5.92 Å². The first kappa shape index (κ1) is 20.5. The minimum absolute atomic E-state index is 0.0555. The summed E-state index contributed by atoms with van der Waals surface area (Å²) in [6.45, 7) is 5.44. The van der Waals surface area contributed by atoms with Crippen LogP contribution < -0.4 is 10.2 Å². The maximum absolute atomic E-state index is 13.4. The van der Waals surface area contributed by atoms with Gasteiger partial charge in [0.15, 0.2) is 0 Å². The van der Waals surface area contributed by atoms with E-state index in [2.05, 4.69) is 5.32 Å². The Morgan fingerprint density at radius 3 is 2.23 bits per heavy atom. The van der Waals surface area contributed by atoms with Gasteiger partial charge < -0.3 is 15.1 Å². The summed E-state index contributed by atoms with van der Waals surface area (Å²) in [5, 5.41) is 3.38. The predicted molar refractivity (Wildman–Crippen MR) is 121 cm³/mol. The lowest BCUT2D eigenvalue weighted by Crippen LogP contribution is -2.49. The molecule has 2 amide bonds. The summed E-state index contributed by atoms with van der Waals surface area (Å²) in [6, 6.07) is 18.1. The molecule has 2 aromatic rings. The van der Waals surface area contributed by atoms with Crippen molar-refractivity contribution < 1.29 is 9.59 Å². The van der Waals surface area contributed by atoms with Crippen molar-refractivity contribution in [2.75, 3.05) is 23.3 Å². The molecule has 2 fully saturated rings. The average Bonchev–Trinajstić information content (AvgIpc) is 3.60. The highest BCUT2D eigenvalue weighted by Gasteiger charge is 2.38. The molecule has 1 saturated heterocycles. The van der Waals surface area contributed by atoms with Crippen molar-refractivity contribution in [2.24, 2.45) is 11.8 Å². The fourth-order valence-electron chi connectivity index (χ4n) is 4.24. The Labute approximate surface area is 179 Å². The summed E-state index contributed by atoms with van der Waals surface area (Å²) in [4.78, 5) is 29.7. The van der Waals surface area contributed by atoms with Gasteiger partial charge in [-0.1, -0.05) is 18.2 Å². The van der Waals surface area contributed by atoms with Crippen LogP contribution in [0, 0.1) is 11.8 Å². The number of carbonyl (C=O) groups is 2. The number of piperidine rings is 1. The molecule has 1 heterocycles. The largest absolute Gasteiger partial charge is 0.356 e. The number of nitrogens with zero attached hydrogens (tertiary/aromatic N) is 2. The van der Waals surface area contributed by atoms with E-state index < -0.39 is 0 Å². The van der Waals surface area contributed by atoms with Crippen LogP contribution in [0.2, 0.25) is 0 Å². The zero-order chi connectivity index (χ0) is 21.1. The molecule has 30 heavy (non-hydrogen) atoms. The summed E-state index contributed by atoms with van der Waals surface area (Å²) in [5.41, 5.74) is 2.92. The Morgan fingerprint density at radius 1 is 0.933 bits per heavy atom. The standard InChI is InChI=1S/C25H31N3O2/c1-18(2)28(23-14-12-22(13-15-23)26-21-8-4-3-5-9-21)25(30)20-7-6-16-27(17-20)24(29)19-10-11-19/h3-5,8-9,12-15,18-20,26H,6-7,10-11,16-17H2,1-2H3. The Bertz CT molecular complexity index is 875. The third kappa shape index (κ3) is 4.66. The summed E-state index contributed by atoms with van der Waals surface area (Å²) in [6.07, 6.45) is 3.77. The fraction of sp³-hybridized carbons (Fsp3) is 0.440. The molecular weight excluding hydrogens is 374 g/mol. The van der Waals surface area contributed by atoms with Crippen molar-refractivity contribution in [1.29, 1.82) is 0 Å². The van der Waals surface area contributed by atoms with Gasteiger partial charge in [0, 0.05) is 42.1 Å². The van der Waals surface area contributed by atoms with Crippen LogP contribution in [0.5, 0.6) is 0 Å². The van der Waals surface area contributed by atoms with E-state index in [1.165, 1.54) is 0 Å². The highest BCUT2D eigenvalue weighted by Crippen LogP contribution is 2.33. The number of hydrogen-bond donors (Lipinski definition) is 1. The van der Waals surface area contributed by atoms with Crippen molar-refractivity contribution in [3.05, 3.63) is 54.6 Å². The topological polar surface area (TPSA) is 52.7 Å². The van der Waals surface area contributed by atoms with Gasteiger partial charge in [-0.15, -0.1) is 0 Å². The van der Waals surface area contributed by atoms with Crippen molar-refractivity contribution in [1.82, 2.24) is 4.90 Å². The minimum Gasteiger partial charge on any atom is -0.356 e.